The van der Waals surface area contributed by atoms with E-state index in [2.05, 4.69) is 30.4 Å². The minimum absolute atomic E-state index is 0.0637. The van der Waals surface area contributed by atoms with E-state index in [4.69, 9.17) is 47.4 Å². The van der Waals surface area contributed by atoms with Gasteiger partial charge in [-0.15, -0.1) is 0 Å². The molecule has 59 heavy (non-hydrogen) atoms. The van der Waals surface area contributed by atoms with Crippen LogP contribution in [0.25, 0.3) is 6.08 Å². The lowest BCUT2D eigenvalue weighted by molar-refractivity contribution is -0.151. The normalized spacial score (nSPS) is 11.0. The summed E-state index contributed by atoms with van der Waals surface area (Å²) in [4.78, 5) is 57.9. The first-order chi connectivity index (χ1) is 27.8. The van der Waals surface area contributed by atoms with Crippen LogP contribution in [0.4, 0.5) is 4.79 Å². The van der Waals surface area contributed by atoms with Crippen molar-refractivity contribution < 1.29 is 71.3 Å². The molecule has 0 aromatic heterocycles. The Labute approximate surface area is 350 Å². The summed E-state index contributed by atoms with van der Waals surface area (Å²) in [5.74, 6) is -1.04. The molecule has 2 N–H and O–H groups in total. The highest BCUT2D eigenvalue weighted by molar-refractivity contribution is 5.87. The number of carbonyl (C=O) groups is 5. The van der Waals surface area contributed by atoms with E-state index < -0.39 is 34.3 Å². The van der Waals surface area contributed by atoms with Crippen LogP contribution < -0.4 is 15.4 Å². The van der Waals surface area contributed by atoms with E-state index in [9.17, 15) is 24.0 Å². The minimum atomic E-state index is -0.819. The third-order valence-corrected chi connectivity index (χ3v) is 7.68. The molecule has 0 aliphatic heterocycles. The summed E-state index contributed by atoms with van der Waals surface area (Å²) in [6.07, 6.45) is 1.14. The molecule has 17 heteroatoms. The Morgan fingerprint density at radius 2 is 1.00 bits per heavy atom. The molecule has 1 rings (SSSR count). The maximum Gasteiger partial charge on any atom is 0.407 e. The zero-order valence-electron chi connectivity index (χ0n) is 36.9. The number of benzene rings is 1. The SMILES string of the molecule is C=C(C)C(=O)OCCNC(=O)C(C)(COC)COC.C=C(C)C(=O)OCCNC(=O)OCC(C)(COC)COC.C=Cc1ccc(OC(=O)C(C)(COC)COC)cc1. The fourth-order valence-electron chi connectivity index (χ4n) is 4.69. The minimum Gasteiger partial charge on any atom is -0.460 e. The maximum absolute atomic E-state index is 12.2. The molecule has 17 nitrogen and oxygen atoms in total. The third kappa shape index (κ3) is 24.8. The van der Waals surface area contributed by atoms with Crippen LogP contribution in [0.15, 0.2) is 55.1 Å². The van der Waals surface area contributed by atoms with Crippen molar-refractivity contribution in [3.05, 3.63) is 60.7 Å². The Balaban J connectivity index is 0. The lowest BCUT2D eigenvalue weighted by Gasteiger charge is -2.27. The third-order valence-electron chi connectivity index (χ3n) is 7.68. The van der Waals surface area contributed by atoms with E-state index >= 15 is 0 Å². The molecule has 0 saturated heterocycles. The molecule has 2 amide bonds. The van der Waals surface area contributed by atoms with Crippen LogP contribution in [0.3, 0.4) is 0 Å². The Morgan fingerprint density at radius 3 is 1.39 bits per heavy atom. The van der Waals surface area contributed by atoms with Gasteiger partial charge in [0.2, 0.25) is 5.91 Å². The van der Waals surface area contributed by atoms with Crippen molar-refractivity contribution in [2.24, 2.45) is 16.2 Å². The molecule has 0 unspecified atom stereocenters. The number of hydrogen-bond donors (Lipinski definition) is 2. The van der Waals surface area contributed by atoms with Crippen molar-refractivity contribution in [2.45, 2.75) is 34.6 Å². The summed E-state index contributed by atoms with van der Waals surface area (Å²) >= 11 is 0. The van der Waals surface area contributed by atoms with Gasteiger partial charge in [0.1, 0.15) is 31.0 Å². The quantitative estimate of drug-likeness (QED) is 0.0442. The lowest BCUT2D eigenvalue weighted by Crippen LogP contribution is -2.46. The van der Waals surface area contributed by atoms with Crippen molar-refractivity contribution in [3.8, 4) is 5.75 Å². The van der Waals surface area contributed by atoms with Gasteiger partial charge < -0.3 is 58.0 Å². The number of ether oxygens (including phenoxy) is 10. The number of alkyl carbamates (subject to hydrolysis) is 1. The molecule has 0 spiro atoms. The number of rotatable bonds is 26. The summed E-state index contributed by atoms with van der Waals surface area (Å²) in [5.41, 5.74) is -0.380. The predicted octanol–water partition coefficient (Wildman–Crippen LogP) is 4.19. The fourth-order valence-corrected chi connectivity index (χ4v) is 4.69. The molecule has 1 aromatic carbocycles. The van der Waals surface area contributed by atoms with E-state index in [1.54, 1.807) is 74.3 Å². The van der Waals surface area contributed by atoms with Crippen LogP contribution in [0.1, 0.15) is 40.2 Å². The summed E-state index contributed by atoms with van der Waals surface area (Å²) in [6, 6.07) is 7.13. The Hall–Kier alpha value is -4.65. The molecule has 0 aliphatic rings. The summed E-state index contributed by atoms with van der Waals surface area (Å²) in [7, 11) is 9.28. The van der Waals surface area contributed by atoms with Crippen molar-refractivity contribution in [3.63, 3.8) is 0 Å². The van der Waals surface area contributed by atoms with Crippen molar-refractivity contribution in [2.75, 3.05) is 115 Å². The molecule has 0 fully saturated rings. The smallest absolute Gasteiger partial charge is 0.407 e. The molecule has 336 valence electrons. The van der Waals surface area contributed by atoms with Crippen LogP contribution in [0.2, 0.25) is 0 Å². The molecule has 0 atom stereocenters. The van der Waals surface area contributed by atoms with Crippen molar-refractivity contribution in [1.29, 1.82) is 0 Å². The van der Waals surface area contributed by atoms with Crippen molar-refractivity contribution >= 4 is 36.0 Å². The number of nitrogens with one attached hydrogen (secondary N) is 2. The van der Waals surface area contributed by atoms with Gasteiger partial charge in [0, 0.05) is 59.2 Å². The highest BCUT2D eigenvalue weighted by Crippen LogP contribution is 2.23. The molecule has 0 aliphatic carbocycles. The maximum atomic E-state index is 12.2. The lowest BCUT2D eigenvalue weighted by atomic mass is 9.91. The molecule has 1 aromatic rings. The number of carbonyl (C=O) groups excluding carboxylic acids is 5. The molecule has 0 saturated carbocycles. The monoisotopic (exact) mass is 840 g/mol. The Morgan fingerprint density at radius 1 is 0.593 bits per heavy atom. The van der Waals surface area contributed by atoms with Crippen molar-refractivity contribution in [1.82, 2.24) is 10.6 Å². The zero-order chi connectivity index (χ0) is 45.5. The fraction of sp³-hybridized carbons (Fsp3) is 0.595. The van der Waals surface area contributed by atoms with Gasteiger partial charge in [0.05, 0.1) is 58.1 Å². The summed E-state index contributed by atoms with van der Waals surface area (Å²) < 4.78 is 50.5. The van der Waals surface area contributed by atoms with Crippen LogP contribution in [0, 0.1) is 16.2 Å². The first-order valence-corrected chi connectivity index (χ1v) is 18.5. The molecular formula is C42H68N2O15. The van der Waals surface area contributed by atoms with Gasteiger partial charge in [-0.3, -0.25) is 9.59 Å². The Bertz CT molecular complexity index is 1430. The molecule has 0 bridgehead atoms. The van der Waals surface area contributed by atoms with Gasteiger partial charge in [0.25, 0.3) is 0 Å². The van der Waals surface area contributed by atoms with Crippen LogP contribution in [-0.2, 0) is 61.8 Å². The summed E-state index contributed by atoms with van der Waals surface area (Å²) in [6.45, 7) is 21.6. The topological polar surface area (TPSA) is 202 Å². The average molecular weight is 841 g/mol. The van der Waals surface area contributed by atoms with Gasteiger partial charge in [-0.2, -0.15) is 0 Å². The van der Waals surface area contributed by atoms with E-state index in [1.807, 2.05) is 19.1 Å². The first-order valence-electron chi connectivity index (χ1n) is 18.5. The number of esters is 3. The number of hydrogen-bond acceptors (Lipinski definition) is 15. The van der Waals surface area contributed by atoms with E-state index in [-0.39, 0.29) is 71.2 Å². The summed E-state index contributed by atoms with van der Waals surface area (Å²) in [5, 5.41) is 5.17. The highest BCUT2D eigenvalue weighted by atomic mass is 16.6. The largest absolute Gasteiger partial charge is 0.460 e. The Kier molecular flexibility index (Phi) is 29.9. The van der Waals surface area contributed by atoms with Gasteiger partial charge in [0.15, 0.2) is 0 Å². The second-order valence-corrected chi connectivity index (χ2v) is 14.3. The number of methoxy groups -OCH3 is 6. The average Bonchev–Trinajstić information content (AvgIpc) is 3.18. The first kappa shape index (κ1) is 56.4. The molecular weight excluding hydrogens is 772 g/mol. The van der Waals surface area contributed by atoms with Crippen LogP contribution in [-0.4, -0.2) is 145 Å². The number of amides is 2. The van der Waals surface area contributed by atoms with Gasteiger partial charge in [-0.1, -0.05) is 44.9 Å². The van der Waals surface area contributed by atoms with Gasteiger partial charge in [-0.05, 0) is 45.4 Å². The van der Waals surface area contributed by atoms with E-state index in [1.165, 1.54) is 14.2 Å². The van der Waals surface area contributed by atoms with E-state index in [0.717, 1.165) is 5.56 Å². The second kappa shape index (κ2) is 31.3. The van der Waals surface area contributed by atoms with Gasteiger partial charge in [-0.25, -0.2) is 14.4 Å². The van der Waals surface area contributed by atoms with Gasteiger partial charge >= 0.3 is 24.0 Å². The van der Waals surface area contributed by atoms with Crippen LogP contribution in [0.5, 0.6) is 5.75 Å². The highest BCUT2D eigenvalue weighted by Gasteiger charge is 2.36. The standard InChI is InChI=1S/C15H20O4.C14H25NO6.C13H23NO5/c1-5-12-6-8-13(9-7-12)19-14(16)15(2,10-17-3)11-18-4;1-11(2)12(16)20-7-6-15-13(17)21-10-14(3,8-18-4)9-19-5;1-10(2)11(15)19-7-6-14-12(16)13(3,8-17-4)9-18-5/h5-9H,1,10-11H2,2-4H3;1,6-10H2,2-5H3,(H,15,17);1,6-9H2,2-5H3,(H,14,16). The van der Waals surface area contributed by atoms with E-state index in [0.29, 0.717) is 30.1 Å². The zero-order valence-corrected chi connectivity index (χ0v) is 36.9. The molecule has 0 heterocycles. The predicted molar refractivity (Wildman–Crippen MR) is 222 cm³/mol. The second-order valence-electron chi connectivity index (χ2n) is 14.3. The van der Waals surface area contributed by atoms with Crippen LogP contribution >= 0.6 is 0 Å². The molecule has 0 radical (unpaired) electrons.